The second-order valence-electron chi connectivity index (χ2n) is 4.71. The van der Waals surface area contributed by atoms with Crippen LogP contribution in [-0.4, -0.2) is 12.4 Å². The van der Waals surface area contributed by atoms with Crippen molar-refractivity contribution in [3.05, 3.63) is 63.1 Å². The summed E-state index contributed by atoms with van der Waals surface area (Å²) < 4.78 is 6.48. The van der Waals surface area contributed by atoms with Gasteiger partial charge in [0.1, 0.15) is 5.75 Å². The molecular weight excluding hydrogens is 304 g/mol. The second kappa shape index (κ2) is 4.82. The molecule has 0 amide bonds. The molecule has 0 bridgehead atoms. The summed E-state index contributed by atoms with van der Waals surface area (Å²) in [4.78, 5) is 12.5. The van der Waals surface area contributed by atoms with Crippen molar-refractivity contribution in [1.29, 1.82) is 0 Å². The Labute approximate surface area is 120 Å². The third-order valence-electron chi connectivity index (χ3n) is 3.37. The van der Waals surface area contributed by atoms with Crippen LogP contribution in [0.3, 0.4) is 0 Å². The molecule has 0 atom stereocenters. The SMILES string of the molecule is Cc1cc(C(=O)c2ccc3c(c2)CCO3)ccc1Br. The van der Waals surface area contributed by atoms with Gasteiger partial charge in [-0.05, 0) is 54.4 Å². The fourth-order valence-electron chi connectivity index (χ4n) is 2.28. The van der Waals surface area contributed by atoms with Gasteiger partial charge in [-0.3, -0.25) is 4.79 Å². The quantitative estimate of drug-likeness (QED) is 0.785. The van der Waals surface area contributed by atoms with Gasteiger partial charge in [-0.1, -0.05) is 15.9 Å². The third kappa shape index (κ3) is 2.30. The number of benzene rings is 2. The number of hydrogen-bond acceptors (Lipinski definition) is 2. The van der Waals surface area contributed by atoms with E-state index in [-0.39, 0.29) is 5.78 Å². The van der Waals surface area contributed by atoms with E-state index < -0.39 is 0 Å². The molecule has 1 heterocycles. The molecule has 2 aromatic rings. The first-order valence-electron chi connectivity index (χ1n) is 6.22. The van der Waals surface area contributed by atoms with Gasteiger partial charge in [-0.25, -0.2) is 0 Å². The van der Waals surface area contributed by atoms with Gasteiger partial charge in [0.05, 0.1) is 6.61 Å². The minimum absolute atomic E-state index is 0.0605. The maximum atomic E-state index is 12.5. The average molecular weight is 317 g/mol. The first-order chi connectivity index (χ1) is 9.15. The standard InChI is InChI=1S/C16H13BrO2/c1-10-8-12(2-4-14(10)17)16(18)13-3-5-15-11(9-13)6-7-19-15/h2-5,8-9H,6-7H2,1H3. The second-order valence-corrected chi connectivity index (χ2v) is 5.57. The van der Waals surface area contributed by atoms with Crippen molar-refractivity contribution in [3.63, 3.8) is 0 Å². The summed E-state index contributed by atoms with van der Waals surface area (Å²) in [5.74, 6) is 0.967. The zero-order chi connectivity index (χ0) is 13.4. The lowest BCUT2D eigenvalue weighted by molar-refractivity contribution is 0.103. The molecule has 0 spiro atoms. The van der Waals surface area contributed by atoms with E-state index in [1.165, 1.54) is 0 Å². The normalized spacial score (nSPS) is 12.9. The van der Waals surface area contributed by atoms with E-state index in [4.69, 9.17) is 4.74 Å². The van der Waals surface area contributed by atoms with Crippen LogP contribution >= 0.6 is 15.9 Å². The highest BCUT2D eigenvalue weighted by molar-refractivity contribution is 9.10. The maximum Gasteiger partial charge on any atom is 0.193 e. The van der Waals surface area contributed by atoms with Crippen LogP contribution in [0.2, 0.25) is 0 Å². The van der Waals surface area contributed by atoms with Crippen LogP contribution < -0.4 is 4.74 Å². The zero-order valence-electron chi connectivity index (χ0n) is 10.6. The first-order valence-corrected chi connectivity index (χ1v) is 7.01. The third-order valence-corrected chi connectivity index (χ3v) is 4.26. The van der Waals surface area contributed by atoms with Gasteiger partial charge in [0.25, 0.3) is 0 Å². The molecule has 0 saturated carbocycles. The average Bonchev–Trinajstić information content (AvgIpc) is 2.88. The lowest BCUT2D eigenvalue weighted by Crippen LogP contribution is -2.02. The molecule has 0 aliphatic carbocycles. The van der Waals surface area contributed by atoms with E-state index in [2.05, 4.69) is 15.9 Å². The Hall–Kier alpha value is -1.61. The molecule has 0 fully saturated rings. The van der Waals surface area contributed by atoms with Crippen LogP contribution in [0, 0.1) is 6.92 Å². The first kappa shape index (κ1) is 12.4. The summed E-state index contributed by atoms with van der Waals surface area (Å²) in [6.07, 6.45) is 0.885. The molecule has 1 aliphatic heterocycles. The van der Waals surface area contributed by atoms with E-state index in [0.29, 0.717) is 6.61 Å². The Kier molecular flexibility index (Phi) is 3.15. The van der Waals surface area contributed by atoms with Crippen LogP contribution in [0.1, 0.15) is 27.0 Å². The number of aryl methyl sites for hydroxylation is 1. The van der Waals surface area contributed by atoms with Gasteiger partial charge in [0.15, 0.2) is 5.78 Å². The summed E-state index contributed by atoms with van der Waals surface area (Å²) in [7, 11) is 0. The molecule has 0 saturated heterocycles. The molecule has 0 aromatic heterocycles. The van der Waals surface area contributed by atoms with E-state index in [0.717, 1.165) is 38.9 Å². The van der Waals surface area contributed by atoms with E-state index in [1.807, 2.05) is 43.3 Å². The number of carbonyl (C=O) groups is 1. The number of hydrogen-bond donors (Lipinski definition) is 0. The zero-order valence-corrected chi connectivity index (χ0v) is 12.2. The Morgan fingerprint density at radius 3 is 2.68 bits per heavy atom. The lowest BCUT2D eigenvalue weighted by atomic mass is 9.99. The molecule has 19 heavy (non-hydrogen) atoms. The Balaban J connectivity index is 1.97. The predicted octanol–water partition coefficient (Wildman–Crippen LogP) is 3.92. The highest BCUT2D eigenvalue weighted by atomic mass is 79.9. The van der Waals surface area contributed by atoms with E-state index in [9.17, 15) is 4.79 Å². The summed E-state index contributed by atoms with van der Waals surface area (Å²) in [5, 5.41) is 0. The molecule has 3 heteroatoms. The minimum Gasteiger partial charge on any atom is -0.493 e. The van der Waals surface area contributed by atoms with E-state index in [1.54, 1.807) is 0 Å². The summed E-state index contributed by atoms with van der Waals surface area (Å²) >= 11 is 3.45. The molecular formula is C16H13BrO2. The topological polar surface area (TPSA) is 26.3 Å². The van der Waals surface area contributed by atoms with Crippen LogP contribution in [-0.2, 0) is 6.42 Å². The van der Waals surface area contributed by atoms with Gasteiger partial charge < -0.3 is 4.74 Å². The number of fused-ring (bicyclic) bond motifs is 1. The molecule has 0 radical (unpaired) electrons. The van der Waals surface area contributed by atoms with Crippen molar-refractivity contribution in [2.45, 2.75) is 13.3 Å². The van der Waals surface area contributed by atoms with Crippen LogP contribution in [0.25, 0.3) is 0 Å². The molecule has 1 aliphatic rings. The molecule has 0 unspecified atom stereocenters. The van der Waals surface area contributed by atoms with Crippen molar-refractivity contribution >= 4 is 21.7 Å². The Morgan fingerprint density at radius 2 is 1.89 bits per heavy atom. The van der Waals surface area contributed by atoms with Crippen LogP contribution in [0.4, 0.5) is 0 Å². The summed E-state index contributed by atoms with van der Waals surface area (Å²) in [5.41, 5.74) is 3.64. The smallest absolute Gasteiger partial charge is 0.193 e. The summed E-state index contributed by atoms with van der Waals surface area (Å²) in [6.45, 7) is 2.70. The number of ketones is 1. The predicted molar refractivity (Wildman–Crippen MR) is 78.0 cm³/mol. The number of rotatable bonds is 2. The van der Waals surface area contributed by atoms with E-state index >= 15 is 0 Å². The Morgan fingerprint density at radius 1 is 1.16 bits per heavy atom. The van der Waals surface area contributed by atoms with Crippen molar-refractivity contribution in [3.8, 4) is 5.75 Å². The van der Waals surface area contributed by atoms with Gasteiger partial charge in [-0.15, -0.1) is 0 Å². The summed E-state index contributed by atoms with van der Waals surface area (Å²) in [6, 6.07) is 11.4. The molecule has 2 aromatic carbocycles. The fraction of sp³-hybridized carbons (Fsp3) is 0.188. The van der Waals surface area contributed by atoms with Crippen molar-refractivity contribution in [2.24, 2.45) is 0 Å². The van der Waals surface area contributed by atoms with Crippen LogP contribution in [0.15, 0.2) is 40.9 Å². The van der Waals surface area contributed by atoms with Gasteiger partial charge in [-0.2, -0.15) is 0 Å². The van der Waals surface area contributed by atoms with Crippen molar-refractivity contribution in [1.82, 2.24) is 0 Å². The van der Waals surface area contributed by atoms with Crippen molar-refractivity contribution < 1.29 is 9.53 Å². The fourth-order valence-corrected chi connectivity index (χ4v) is 2.53. The maximum absolute atomic E-state index is 12.5. The highest BCUT2D eigenvalue weighted by Gasteiger charge is 2.16. The lowest BCUT2D eigenvalue weighted by Gasteiger charge is -2.05. The van der Waals surface area contributed by atoms with Gasteiger partial charge in [0.2, 0.25) is 0 Å². The number of halogens is 1. The van der Waals surface area contributed by atoms with Crippen molar-refractivity contribution in [2.75, 3.05) is 6.61 Å². The Bertz CT molecular complexity index is 662. The molecule has 96 valence electrons. The monoisotopic (exact) mass is 316 g/mol. The largest absolute Gasteiger partial charge is 0.493 e. The van der Waals surface area contributed by atoms with Gasteiger partial charge >= 0.3 is 0 Å². The van der Waals surface area contributed by atoms with Crippen LogP contribution in [0.5, 0.6) is 5.75 Å². The molecule has 3 rings (SSSR count). The molecule has 0 N–H and O–H groups in total. The van der Waals surface area contributed by atoms with Gasteiger partial charge in [0, 0.05) is 22.0 Å². The molecule has 2 nitrogen and oxygen atoms in total. The number of carbonyl (C=O) groups excluding carboxylic acids is 1. The number of ether oxygens (including phenoxy) is 1. The highest BCUT2D eigenvalue weighted by Crippen LogP contribution is 2.27. The minimum atomic E-state index is 0.0605.